The first kappa shape index (κ1) is 32.2. The van der Waals surface area contributed by atoms with Crippen molar-refractivity contribution in [2.24, 2.45) is 0 Å². The predicted molar refractivity (Wildman–Crippen MR) is 138 cm³/mol. The van der Waals surface area contributed by atoms with E-state index in [2.05, 4.69) is 19.7 Å². The molecular weight excluding hydrogens is 589 g/mol. The Morgan fingerprint density at radius 1 is 1.00 bits per heavy atom. The van der Waals surface area contributed by atoms with Crippen molar-refractivity contribution in [3.63, 3.8) is 0 Å². The maximum absolute atomic E-state index is 13.8. The molecule has 0 aliphatic heterocycles. The van der Waals surface area contributed by atoms with Gasteiger partial charge < -0.3 is 24.1 Å². The van der Waals surface area contributed by atoms with Gasteiger partial charge in [0.05, 0.1) is 37.3 Å². The molecule has 0 unspecified atom stereocenters. The number of carboxylic acids is 1. The number of aryl methyl sites for hydroxylation is 1. The van der Waals surface area contributed by atoms with Gasteiger partial charge in [-0.15, -0.1) is 0 Å². The minimum atomic E-state index is -4.62. The van der Waals surface area contributed by atoms with Crippen LogP contribution in [0.25, 0.3) is 11.2 Å². The van der Waals surface area contributed by atoms with Crippen molar-refractivity contribution in [3.05, 3.63) is 59.4 Å². The van der Waals surface area contributed by atoms with Crippen molar-refractivity contribution in [3.8, 4) is 17.4 Å². The van der Waals surface area contributed by atoms with Gasteiger partial charge in [-0.1, -0.05) is 0 Å². The van der Waals surface area contributed by atoms with Gasteiger partial charge in [-0.3, -0.25) is 4.98 Å². The Labute approximate surface area is 258 Å². The second-order valence-corrected chi connectivity index (χ2v) is 11.8. The number of carbonyl (C=O) groups excluding carboxylic acids is 1. The van der Waals surface area contributed by atoms with E-state index in [1.54, 1.807) is 13.8 Å². The molecule has 1 N–H and O–H groups in total. The molecule has 4 rings (SSSR count). The average molecular weight is 614 g/mol. The van der Waals surface area contributed by atoms with Crippen molar-refractivity contribution >= 4 is 37.2 Å². The molecule has 0 amide bonds. The molecule has 41 heavy (non-hydrogen) atoms. The van der Waals surface area contributed by atoms with Gasteiger partial charge in [0.2, 0.25) is 5.88 Å². The number of carboxylic acid groups (broad SMARTS) is 1. The third-order valence-electron chi connectivity index (χ3n) is 5.76. The van der Waals surface area contributed by atoms with Crippen molar-refractivity contribution in [1.29, 1.82) is 0 Å². The number of fused-ring (bicyclic) bond motifs is 1. The quantitative estimate of drug-likeness (QED) is 0.173. The largest absolute Gasteiger partial charge is 1.00 e. The molecule has 212 valence electrons. The monoisotopic (exact) mass is 613 g/mol. The van der Waals surface area contributed by atoms with Crippen molar-refractivity contribution < 1.29 is 70.5 Å². The van der Waals surface area contributed by atoms with Gasteiger partial charge in [0.15, 0.2) is 5.65 Å². The molecular formula is C24H24N5NaO9S2. The summed E-state index contributed by atoms with van der Waals surface area (Å²) < 4.78 is 72.9. The van der Waals surface area contributed by atoms with Crippen LogP contribution in [0.15, 0.2) is 52.6 Å². The molecule has 0 aliphatic carbocycles. The number of sulfonamides is 1. The molecule has 4 aromatic rings. The zero-order valence-electron chi connectivity index (χ0n) is 22.7. The molecule has 0 fully saturated rings. The number of nitrogens with one attached hydrogen (secondary N) is 1. The van der Waals surface area contributed by atoms with Crippen LogP contribution in [0.1, 0.15) is 16.8 Å². The normalized spacial score (nSPS) is 11.6. The SMILES string of the molecule is COc1ccc2nc(S(=O)(=O)NCc3ncc(C)c(OC)c3C)n(S(=O)(=O)c3ccc(OCC(=O)[O-])cc3)c2n1.[Na+]. The number of aliphatic carboxylic acids is 1. The maximum atomic E-state index is 13.8. The third-order valence-corrected chi connectivity index (χ3v) is 8.85. The molecule has 14 nitrogen and oxygen atoms in total. The van der Waals surface area contributed by atoms with Crippen LogP contribution in [0.4, 0.5) is 0 Å². The minimum absolute atomic E-state index is 0. The zero-order valence-corrected chi connectivity index (χ0v) is 26.4. The number of hydrogen-bond donors (Lipinski definition) is 1. The molecule has 0 spiro atoms. The Morgan fingerprint density at radius 2 is 1.68 bits per heavy atom. The number of nitrogens with zero attached hydrogens (tertiary/aromatic N) is 4. The summed E-state index contributed by atoms with van der Waals surface area (Å²) in [4.78, 5) is 22.8. The van der Waals surface area contributed by atoms with E-state index in [1.807, 2.05) is 0 Å². The van der Waals surface area contributed by atoms with Gasteiger partial charge in [-0.25, -0.2) is 26.5 Å². The van der Waals surface area contributed by atoms with E-state index in [1.165, 1.54) is 44.7 Å². The summed E-state index contributed by atoms with van der Waals surface area (Å²) in [7, 11) is -6.39. The Balaban J connectivity index is 0.00000462. The molecule has 3 heterocycles. The molecule has 0 radical (unpaired) electrons. The number of pyridine rings is 2. The summed E-state index contributed by atoms with van der Waals surface area (Å²) in [6.07, 6.45) is 1.53. The molecule has 0 bridgehead atoms. The Morgan fingerprint density at radius 3 is 2.29 bits per heavy atom. The minimum Gasteiger partial charge on any atom is -0.546 e. The first-order valence-electron chi connectivity index (χ1n) is 11.5. The van der Waals surface area contributed by atoms with Gasteiger partial charge >= 0.3 is 29.6 Å². The summed E-state index contributed by atoms with van der Waals surface area (Å²) in [5, 5.41) is 9.80. The fourth-order valence-corrected chi connectivity index (χ4v) is 6.70. The fourth-order valence-electron chi connectivity index (χ4n) is 3.83. The van der Waals surface area contributed by atoms with Crippen LogP contribution in [0, 0.1) is 13.8 Å². The second-order valence-electron chi connectivity index (χ2n) is 8.36. The van der Waals surface area contributed by atoms with Crippen LogP contribution in [-0.4, -0.2) is 62.6 Å². The van der Waals surface area contributed by atoms with Gasteiger partial charge in [-0.2, -0.15) is 8.96 Å². The summed E-state index contributed by atoms with van der Waals surface area (Å²) in [6, 6.07) is 7.47. The van der Waals surface area contributed by atoms with E-state index in [0.717, 1.165) is 17.7 Å². The van der Waals surface area contributed by atoms with Gasteiger partial charge in [0.25, 0.3) is 25.2 Å². The standard InChI is InChI=1S/C24H25N5O9S2.Na/c1-14-11-25-19(15(2)22(14)37-4)12-26-39(32,33)24-27-18-9-10-20(36-3)28-23(18)29(24)40(34,35)17-7-5-16(6-8-17)38-13-21(30)31;/h5-11,26H,12-13H2,1-4H3,(H,30,31);/q;+1/p-1. The summed E-state index contributed by atoms with van der Waals surface area (Å²) >= 11 is 0. The summed E-state index contributed by atoms with van der Waals surface area (Å²) in [5.41, 5.74) is 1.42. The Bertz CT molecular complexity index is 1810. The number of methoxy groups -OCH3 is 2. The number of benzene rings is 1. The van der Waals surface area contributed by atoms with Gasteiger partial charge in [0, 0.05) is 23.4 Å². The van der Waals surface area contributed by atoms with Crippen molar-refractivity contribution in [2.75, 3.05) is 20.8 Å². The maximum Gasteiger partial charge on any atom is 1.00 e. The van der Waals surface area contributed by atoms with Crippen LogP contribution in [0.5, 0.6) is 17.4 Å². The van der Waals surface area contributed by atoms with E-state index in [9.17, 15) is 26.7 Å². The van der Waals surface area contributed by atoms with Crippen LogP contribution < -0.4 is 53.6 Å². The molecule has 0 atom stereocenters. The van der Waals surface area contributed by atoms with Crippen molar-refractivity contribution in [2.45, 2.75) is 30.4 Å². The second kappa shape index (κ2) is 12.7. The molecule has 0 aliphatic rings. The predicted octanol–water partition coefficient (Wildman–Crippen LogP) is -2.69. The number of ether oxygens (including phenoxy) is 3. The van der Waals surface area contributed by atoms with Crippen molar-refractivity contribution in [1.82, 2.24) is 23.6 Å². The van der Waals surface area contributed by atoms with E-state index < -0.39 is 37.8 Å². The van der Waals surface area contributed by atoms with E-state index in [4.69, 9.17) is 14.2 Å². The Hall–Kier alpha value is -3.28. The number of rotatable bonds is 11. The Kier molecular flexibility index (Phi) is 9.99. The molecule has 17 heteroatoms. The molecule has 1 aromatic carbocycles. The van der Waals surface area contributed by atoms with E-state index in [-0.39, 0.29) is 63.8 Å². The van der Waals surface area contributed by atoms with E-state index in [0.29, 0.717) is 21.0 Å². The van der Waals surface area contributed by atoms with Crippen LogP contribution in [-0.2, 0) is 31.4 Å². The first-order chi connectivity index (χ1) is 18.9. The molecule has 3 aromatic heterocycles. The first-order valence-corrected chi connectivity index (χ1v) is 14.4. The van der Waals surface area contributed by atoms with Crippen LogP contribution >= 0.6 is 0 Å². The van der Waals surface area contributed by atoms with Gasteiger partial charge in [-0.05, 0) is 44.2 Å². The average Bonchev–Trinajstić information content (AvgIpc) is 3.32. The fraction of sp³-hybridized carbons (Fsp3) is 0.250. The van der Waals surface area contributed by atoms with Crippen LogP contribution in [0.3, 0.4) is 0 Å². The van der Waals surface area contributed by atoms with Crippen LogP contribution in [0.2, 0.25) is 0 Å². The molecule has 0 saturated heterocycles. The summed E-state index contributed by atoms with van der Waals surface area (Å²) in [6.45, 7) is 2.49. The van der Waals surface area contributed by atoms with E-state index >= 15 is 0 Å². The third kappa shape index (κ3) is 6.63. The number of carbonyl (C=O) groups is 1. The number of hydrogen-bond acceptors (Lipinski definition) is 12. The summed E-state index contributed by atoms with van der Waals surface area (Å²) in [5.74, 6) is -0.830. The number of aromatic nitrogens is 4. The topological polar surface area (TPSA) is 192 Å². The zero-order chi connectivity index (χ0) is 29.2. The number of imidazole rings is 1. The smallest absolute Gasteiger partial charge is 0.546 e. The van der Waals surface area contributed by atoms with Gasteiger partial charge in [0.1, 0.15) is 23.6 Å². The molecule has 0 saturated carbocycles.